The minimum atomic E-state index is -4.39. The third-order valence-electron chi connectivity index (χ3n) is 6.44. The quantitative estimate of drug-likeness (QED) is 0.212. The number of ether oxygens (including phenoxy) is 1. The minimum absolute atomic E-state index is 0.00513. The molecular weight excluding hydrogens is 550 g/mol. The molecule has 1 aliphatic carbocycles. The number of carboxylic acids is 1. The highest BCUT2D eigenvalue weighted by Crippen LogP contribution is 2.47. The first-order valence-corrected chi connectivity index (χ1v) is 13.2. The highest BCUT2D eigenvalue weighted by molar-refractivity contribution is 6.25. The molecule has 10 heteroatoms. The number of hydrogen-bond donors (Lipinski definition) is 2. The van der Waals surface area contributed by atoms with Gasteiger partial charge in [0.05, 0.1) is 11.6 Å². The van der Waals surface area contributed by atoms with E-state index in [9.17, 15) is 27.2 Å². The lowest BCUT2D eigenvalue weighted by Gasteiger charge is -2.31. The Balaban J connectivity index is 1.94. The molecule has 0 radical (unpaired) electrons. The van der Waals surface area contributed by atoms with Gasteiger partial charge in [0.1, 0.15) is 5.75 Å². The maximum atomic E-state index is 14.9. The lowest BCUT2D eigenvalue weighted by Crippen LogP contribution is -2.44. The fourth-order valence-electron chi connectivity index (χ4n) is 4.57. The summed E-state index contributed by atoms with van der Waals surface area (Å²) in [5, 5.41) is 8.52. The van der Waals surface area contributed by atoms with E-state index >= 15 is 0 Å². The maximum Gasteiger partial charge on any atom is 0.326 e. The minimum Gasteiger partial charge on any atom is -0.481 e. The Labute approximate surface area is 235 Å². The molecule has 216 valence electrons. The number of halogens is 5. The molecule has 0 aliphatic heterocycles. The summed E-state index contributed by atoms with van der Waals surface area (Å²) in [5.74, 6) is -6.11. The van der Waals surface area contributed by atoms with Crippen LogP contribution in [0.5, 0.6) is 5.75 Å². The van der Waals surface area contributed by atoms with Crippen LogP contribution in [0.25, 0.3) is 0 Å². The molecule has 0 bridgehead atoms. The van der Waals surface area contributed by atoms with Gasteiger partial charge in [0.25, 0.3) is 17.4 Å². The van der Waals surface area contributed by atoms with Crippen molar-refractivity contribution < 1.29 is 37.0 Å². The van der Waals surface area contributed by atoms with Gasteiger partial charge < -0.3 is 15.2 Å². The SMILES string of the molecule is Cc1cc(C)cc(C(CC(C)C)NC(=O)c2cc(OC(F)C3=CC=CC(F)(Cl)C3(F)F)ccc2CCC(=O)O)c1. The second kappa shape index (κ2) is 12.5. The summed E-state index contributed by atoms with van der Waals surface area (Å²) in [5.41, 5.74) is 1.95. The molecule has 0 saturated carbocycles. The van der Waals surface area contributed by atoms with Crippen molar-refractivity contribution in [3.8, 4) is 5.75 Å². The van der Waals surface area contributed by atoms with Crippen LogP contribution in [0.15, 0.2) is 60.2 Å². The number of rotatable bonds is 11. The van der Waals surface area contributed by atoms with Crippen molar-refractivity contribution in [1.29, 1.82) is 0 Å². The van der Waals surface area contributed by atoms with Gasteiger partial charge in [-0.25, -0.2) is 4.39 Å². The van der Waals surface area contributed by atoms with Crippen LogP contribution in [0.2, 0.25) is 0 Å². The Morgan fingerprint density at radius 2 is 1.73 bits per heavy atom. The average molecular weight is 582 g/mol. The van der Waals surface area contributed by atoms with Crippen molar-refractivity contribution in [3.63, 3.8) is 0 Å². The number of nitrogens with one attached hydrogen (secondary N) is 1. The van der Waals surface area contributed by atoms with Gasteiger partial charge in [-0.05, 0) is 61.9 Å². The Morgan fingerprint density at radius 3 is 2.33 bits per heavy atom. The van der Waals surface area contributed by atoms with E-state index < -0.39 is 40.9 Å². The van der Waals surface area contributed by atoms with Gasteiger partial charge >= 0.3 is 11.9 Å². The topological polar surface area (TPSA) is 75.6 Å². The molecule has 3 rings (SSSR count). The second-order valence-electron chi connectivity index (χ2n) is 10.4. The fraction of sp³-hybridized carbons (Fsp3) is 0.400. The number of amides is 1. The molecule has 3 unspecified atom stereocenters. The maximum absolute atomic E-state index is 14.9. The second-order valence-corrected chi connectivity index (χ2v) is 11.0. The van der Waals surface area contributed by atoms with Crippen molar-refractivity contribution in [2.45, 2.75) is 70.4 Å². The van der Waals surface area contributed by atoms with E-state index in [4.69, 9.17) is 21.4 Å². The number of carbonyl (C=O) groups is 2. The van der Waals surface area contributed by atoms with Crippen LogP contribution in [-0.4, -0.2) is 34.4 Å². The zero-order valence-electron chi connectivity index (χ0n) is 22.6. The molecule has 0 saturated heterocycles. The van der Waals surface area contributed by atoms with Gasteiger partial charge in [-0.2, -0.15) is 13.2 Å². The Morgan fingerprint density at radius 1 is 1.07 bits per heavy atom. The van der Waals surface area contributed by atoms with E-state index in [1.165, 1.54) is 12.1 Å². The number of carbonyl (C=O) groups excluding carboxylic acids is 1. The van der Waals surface area contributed by atoms with Crippen LogP contribution < -0.4 is 10.1 Å². The molecule has 1 amide bonds. The normalized spacial score (nSPS) is 19.6. The molecule has 5 nitrogen and oxygen atoms in total. The number of carboxylic acid groups (broad SMARTS) is 1. The van der Waals surface area contributed by atoms with Gasteiger partial charge in [0.15, 0.2) is 0 Å². The molecule has 0 fully saturated rings. The summed E-state index contributed by atoms with van der Waals surface area (Å²) in [7, 11) is 0. The van der Waals surface area contributed by atoms with E-state index in [-0.39, 0.29) is 30.1 Å². The van der Waals surface area contributed by atoms with E-state index in [0.29, 0.717) is 24.1 Å². The highest BCUT2D eigenvalue weighted by Gasteiger charge is 2.58. The van der Waals surface area contributed by atoms with Crippen LogP contribution in [0, 0.1) is 19.8 Å². The number of alkyl halides is 5. The third-order valence-corrected chi connectivity index (χ3v) is 6.80. The predicted molar refractivity (Wildman–Crippen MR) is 145 cm³/mol. The van der Waals surface area contributed by atoms with Crippen LogP contribution >= 0.6 is 11.6 Å². The number of benzene rings is 2. The summed E-state index contributed by atoms with van der Waals surface area (Å²) in [6.45, 7) is 7.91. The number of aliphatic carboxylic acids is 1. The lowest BCUT2D eigenvalue weighted by molar-refractivity contribution is -0.136. The van der Waals surface area contributed by atoms with Crippen molar-refractivity contribution >= 4 is 23.5 Å². The summed E-state index contributed by atoms with van der Waals surface area (Å²) in [6.07, 6.45) is -0.515. The van der Waals surface area contributed by atoms with Crippen LogP contribution in [0.3, 0.4) is 0 Å². The number of aryl methyl sites for hydroxylation is 3. The number of hydrogen-bond acceptors (Lipinski definition) is 3. The molecule has 2 aromatic carbocycles. The standard InChI is InChI=1S/C30H32ClF4NO4/c1-17(2)12-25(21-14-18(3)13-19(4)15-21)36-28(39)23-16-22(9-7-20(23)8-10-26(37)38)40-27(32)24-6-5-11-29(31,33)30(24,34)35/h5-7,9,11,13-17,25,27H,8,10,12H2,1-4H3,(H,36,39)(H,37,38). The van der Waals surface area contributed by atoms with Gasteiger partial charge in [0.2, 0.25) is 0 Å². The first kappa shape index (κ1) is 31.2. The first-order chi connectivity index (χ1) is 18.6. The lowest BCUT2D eigenvalue weighted by atomic mass is 9.93. The Kier molecular flexibility index (Phi) is 9.72. The molecule has 2 N–H and O–H groups in total. The smallest absolute Gasteiger partial charge is 0.326 e. The van der Waals surface area contributed by atoms with E-state index in [2.05, 4.69) is 5.32 Å². The molecular formula is C30H32ClF4NO4. The molecule has 3 atom stereocenters. The summed E-state index contributed by atoms with van der Waals surface area (Å²) >= 11 is 5.24. The van der Waals surface area contributed by atoms with Gasteiger partial charge in [-0.1, -0.05) is 73.0 Å². The Hall–Kier alpha value is -3.33. The van der Waals surface area contributed by atoms with Crippen molar-refractivity contribution in [2.75, 3.05) is 0 Å². The summed E-state index contributed by atoms with van der Waals surface area (Å²) in [6, 6.07) is 9.32. The summed E-state index contributed by atoms with van der Waals surface area (Å²) < 4.78 is 63.0. The van der Waals surface area contributed by atoms with Gasteiger partial charge in [-0.15, -0.1) is 0 Å². The van der Waals surface area contributed by atoms with Gasteiger partial charge in [0, 0.05) is 12.0 Å². The number of allylic oxidation sites excluding steroid dienone is 3. The monoisotopic (exact) mass is 581 g/mol. The van der Waals surface area contributed by atoms with Crippen LogP contribution in [0.1, 0.15) is 65.3 Å². The van der Waals surface area contributed by atoms with Gasteiger partial charge in [-0.3, -0.25) is 9.59 Å². The Bertz CT molecular complexity index is 1300. The molecule has 0 heterocycles. The summed E-state index contributed by atoms with van der Waals surface area (Å²) in [4.78, 5) is 24.8. The zero-order valence-corrected chi connectivity index (χ0v) is 23.4. The molecule has 2 aromatic rings. The third kappa shape index (κ3) is 7.44. The van der Waals surface area contributed by atoms with E-state index in [1.807, 2.05) is 45.9 Å². The molecule has 1 aliphatic rings. The van der Waals surface area contributed by atoms with Crippen molar-refractivity contribution in [2.24, 2.45) is 5.92 Å². The molecule has 0 aromatic heterocycles. The first-order valence-electron chi connectivity index (χ1n) is 12.8. The fourth-order valence-corrected chi connectivity index (χ4v) is 4.75. The highest BCUT2D eigenvalue weighted by atomic mass is 35.5. The van der Waals surface area contributed by atoms with E-state index in [1.54, 1.807) is 0 Å². The van der Waals surface area contributed by atoms with Crippen LogP contribution in [-0.2, 0) is 11.2 Å². The largest absolute Gasteiger partial charge is 0.481 e. The predicted octanol–water partition coefficient (Wildman–Crippen LogP) is 7.55. The van der Waals surface area contributed by atoms with Crippen molar-refractivity contribution in [1.82, 2.24) is 5.32 Å². The molecule has 40 heavy (non-hydrogen) atoms. The van der Waals surface area contributed by atoms with E-state index in [0.717, 1.165) is 28.8 Å². The zero-order chi connectivity index (χ0) is 29.8. The molecule has 0 spiro atoms. The average Bonchev–Trinajstić information content (AvgIpc) is 2.83. The van der Waals surface area contributed by atoms with Crippen LogP contribution in [0.4, 0.5) is 17.6 Å². The van der Waals surface area contributed by atoms with Crippen molar-refractivity contribution in [3.05, 3.63) is 88.0 Å².